The molecule has 0 unspecified atom stereocenters. The summed E-state index contributed by atoms with van der Waals surface area (Å²) in [5.74, 6) is 1.77. The second kappa shape index (κ2) is 4.86. The van der Waals surface area contributed by atoms with Gasteiger partial charge in [0.05, 0.1) is 6.20 Å². The van der Waals surface area contributed by atoms with Crippen LogP contribution in [0.25, 0.3) is 0 Å². The molecule has 0 spiro atoms. The van der Waals surface area contributed by atoms with Gasteiger partial charge in [-0.15, -0.1) is 0 Å². The first-order valence-electron chi connectivity index (χ1n) is 6.74. The van der Waals surface area contributed by atoms with E-state index < -0.39 is 0 Å². The molecule has 0 fully saturated rings. The summed E-state index contributed by atoms with van der Waals surface area (Å²) in [6, 6.07) is 16.1. The average molecular weight is 275 g/mol. The molecule has 2 aromatic heterocycles. The largest absolute Gasteiger partial charge is 0.318 e. The van der Waals surface area contributed by atoms with Gasteiger partial charge in [0.1, 0.15) is 24.5 Å². The van der Waals surface area contributed by atoms with Gasteiger partial charge in [-0.3, -0.25) is 4.90 Å². The number of hydrogen-bond acceptors (Lipinski definition) is 5. The number of fused-ring (bicyclic) bond motifs is 1. The maximum absolute atomic E-state index is 4.43. The van der Waals surface area contributed by atoms with E-state index in [9.17, 15) is 0 Å². The zero-order valence-electron chi connectivity index (χ0n) is 11.3. The Balaban J connectivity index is 1.81. The molecule has 0 bridgehead atoms. The zero-order chi connectivity index (χ0) is 14.1. The Labute approximate surface area is 122 Å². The fraction of sp³-hybridized carbons (Fsp3) is 0.0625. The van der Waals surface area contributed by atoms with Gasteiger partial charge in [0, 0.05) is 11.9 Å². The van der Waals surface area contributed by atoms with Crippen LogP contribution in [0.3, 0.4) is 0 Å². The van der Waals surface area contributed by atoms with Crippen LogP contribution in [0.2, 0.25) is 0 Å². The molecule has 3 aromatic rings. The van der Waals surface area contributed by atoms with Crippen molar-refractivity contribution in [2.45, 2.75) is 0 Å². The Bertz CT molecular complexity index is 680. The fourth-order valence-electron chi connectivity index (χ4n) is 2.52. The van der Waals surface area contributed by atoms with E-state index in [1.54, 1.807) is 12.5 Å². The number of rotatable bonds is 2. The van der Waals surface area contributed by atoms with Crippen LogP contribution in [0.4, 0.5) is 23.0 Å². The van der Waals surface area contributed by atoms with Crippen molar-refractivity contribution in [3.63, 3.8) is 0 Å². The summed E-state index contributed by atoms with van der Waals surface area (Å²) < 4.78 is 0. The summed E-state index contributed by atoms with van der Waals surface area (Å²) in [5.41, 5.74) is 2.11. The van der Waals surface area contributed by atoms with Crippen LogP contribution in [0.5, 0.6) is 0 Å². The van der Waals surface area contributed by atoms with Crippen molar-refractivity contribution in [1.82, 2.24) is 15.0 Å². The van der Waals surface area contributed by atoms with Crippen molar-refractivity contribution in [1.29, 1.82) is 0 Å². The molecule has 1 aromatic carbocycles. The molecule has 0 aliphatic carbocycles. The molecule has 5 nitrogen and oxygen atoms in total. The molecule has 5 heteroatoms. The first kappa shape index (κ1) is 11.8. The van der Waals surface area contributed by atoms with E-state index in [-0.39, 0.29) is 0 Å². The summed E-state index contributed by atoms with van der Waals surface area (Å²) in [6.07, 6.45) is 5.21. The van der Waals surface area contributed by atoms with Crippen molar-refractivity contribution in [2.75, 3.05) is 16.5 Å². The van der Waals surface area contributed by atoms with E-state index in [0.717, 1.165) is 23.0 Å². The molecule has 0 radical (unpaired) electrons. The molecule has 1 aliphatic rings. The van der Waals surface area contributed by atoms with Crippen LogP contribution in [0.15, 0.2) is 67.3 Å². The monoisotopic (exact) mass is 275 g/mol. The molecule has 0 saturated carbocycles. The highest BCUT2D eigenvalue weighted by Crippen LogP contribution is 2.41. The van der Waals surface area contributed by atoms with Crippen LogP contribution < -0.4 is 9.80 Å². The molecule has 0 N–H and O–H groups in total. The molecule has 0 saturated heterocycles. The zero-order valence-corrected chi connectivity index (χ0v) is 11.3. The van der Waals surface area contributed by atoms with Crippen LogP contribution in [0.1, 0.15) is 0 Å². The Morgan fingerprint density at radius 1 is 0.857 bits per heavy atom. The number of para-hydroxylation sites is 1. The Kier molecular flexibility index (Phi) is 2.74. The third-order valence-electron chi connectivity index (χ3n) is 3.50. The molecule has 0 amide bonds. The molecule has 4 rings (SSSR count). The topological polar surface area (TPSA) is 45.2 Å². The van der Waals surface area contributed by atoms with Crippen LogP contribution in [-0.2, 0) is 0 Å². The molecule has 102 valence electrons. The summed E-state index contributed by atoms with van der Waals surface area (Å²) in [4.78, 5) is 17.3. The normalized spacial score (nSPS) is 13.3. The SMILES string of the molecule is c1ccc(N2CN(c3ccccn3)c3ncncc32)cc1. The molecule has 0 atom stereocenters. The highest BCUT2D eigenvalue weighted by Gasteiger charge is 2.29. The Hall–Kier alpha value is -2.95. The molecule has 3 heterocycles. The van der Waals surface area contributed by atoms with Gasteiger partial charge in [-0.25, -0.2) is 15.0 Å². The van der Waals surface area contributed by atoms with Gasteiger partial charge in [-0.05, 0) is 24.3 Å². The summed E-state index contributed by atoms with van der Waals surface area (Å²) in [5, 5.41) is 0. The fourth-order valence-corrected chi connectivity index (χ4v) is 2.52. The van der Waals surface area contributed by atoms with Gasteiger partial charge in [0.15, 0.2) is 5.82 Å². The lowest BCUT2D eigenvalue weighted by molar-refractivity contribution is 0.958. The number of anilines is 4. The van der Waals surface area contributed by atoms with E-state index in [1.807, 2.05) is 42.6 Å². The molecular formula is C16H13N5. The lowest BCUT2D eigenvalue weighted by atomic mass is 10.3. The summed E-state index contributed by atoms with van der Waals surface area (Å²) >= 11 is 0. The van der Waals surface area contributed by atoms with E-state index in [4.69, 9.17) is 0 Å². The minimum Gasteiger partial charge on any atom is -0.318 e. The number of nitrogens with zero attached hydrogens (tertiary/aromatic N) is 5. The van der Waals surface area contributed by atoms with Gasteiger partial charge >= 0.3 is 0 Å². The maximum atomic E-state index is 4.43. The van der Waals surface area contributed by atoms with Crippen molar-refractivity contribution in [3.05, 3.63) is 67.3 Å². The quantitative estimate of drug-likeness (QED) is 0.719. The van der Waals surface area contributed by atoms with Gasteiger partial charge in [0.2, 0.25) is 0 Å². The predicted octanol–water partition coefficient (Wildman–Crippen LogP) is 3.12. The van der Waals surface area contributed by atoms with Crippen molar-refractivity contribution < 1.29 is 0 Å². The smallest absolute Gasteiger partial charge is 0.163 e. The number of aromatic nitrogens is 3. The van der Waals surface area contributed by atoms with E-state index >= 15 is 0 Å². The van der Waals surface area contributed by atoms with Gasteiger partial charge in [0.25, 0.3) is 0 Å². The van der Waals surface area contributed by atoms with E-state index in [2.05, 4.69) is 36.9 Å². The molecule has 1 aliphatic heterocycles. The first-order valence-corrected chi connectivity index (χ1v) is 6.74. The third kappa shape index (κ3) is 1.99. The van der Waals surface area contributed by atoms with Crippen molar-refractivity contribution >= 4 is 23.0 Å². The minimum absolute atomic E-state index is 0.676. The Morgan fingerprint density at radius 2 is 1.71 bits per heavy atom. The first-order chi connectivity index (χ1) is 10.4. The maximum Gasteiger partial charge on any atom is 0.163 e. The van der Waals surface area contributed by atoms with Gasteiger partial charge in [-0.1, -0.05) is 24.3 Å². The standard InChI is InChI=1S/C16H13N5/c1-2-6-13(7-3-1)20-12-21(15-8-4-5-9-18-15)16-14(20)10-17-11-19-16/h1-11H,12H2. The van der Waals surface area contributed by atoms with Crippen molar-refractivity contribution in [3.8, 4) is 0 Å². The minimum atomic E-state index is 0.676. The average Bonchev–Trinajstić information content (AvgIpc) is 2.96. The highest BCUT2D eigenvalue weighted by atomic mass is 15.4. The molecular weight excluding hydrogens is 262 g/mol. The number of benzene rings is 1. The van der Waals surface area contributed by atoms with Crippen molar-refractivity contribution in [2.24, 2.45) is 0 Å². The predicted molar refractivity (Wildman–Crippen MR) is 81.9 cm³/mol. The third-order valence-corrected chi connectivity index (χ3v) is 3.50. The van der Waals surface area contributed by atoms with Gasteiger partial charge < -0.3 is 4.90 Å². The van der Waals surface area contributed by atoms with Gasteiger partial charge in [-0.2, -0.15) is 0 Å². The summed E-state index contributed by atoms with van der Waals surface area (Å²) in [6.45, 7) is 0.676. The van der Waals surface area contributed by atoms with E-state index in [1.165, 1.54) is 0 Å². The highest BCUT2D eigenvalue weighted by molar-refractivity contribution is 5.82. The lowest BCUT2D eigenvalue weighted by Gasteiger charge is -2.20. The van der Waals surface area contributed by atoms with Crippen LogP contribution >= 0.6 is 0 Å². The second-order valence-corrected chi connectivity index (χ2v) is 4.75. The Morgan fingerprint density at radius 3 is 2.52 bits per heavy atom. The second-order valence-electron chi connectivity index (χ2n) is 4.75. The lowest BCUT2D eigenvalue weighted by Crippen LogP contribution is -2.24. The van der Waals surface area contributed by atoms with E-state index in [0.29, 0.717) is 6.67 Å². The number of hydrogen-bond donors (Lipinski definition) is 0. The van der Waals surface area contributed by atoms with Crippen LogP contribution in [-0.4, -0.2) is 21.6 Å². The van der Waals surface area contributed by atoms with Crippen LogP contribution in [0, 0.1) is 0 Å². The number of pyridine rings is 1. The summed E-state index contributed by atoms with van der Waals surface area (Å²) in [7, 11) is 0. The molecule has 21 heavy (non-hydrogen) atoms.